The first-order chi connectivity index (χ1) is 9.99. The van der Waals surface area contributed by atoms with E-state index in [4.69, 9.17) is 5.11 Å². The smallest absolute Gasteiger partial charge is 0.328 e. The number of nitro benzene ring substituents is 1. The summed E-state index contributed by atoms with van der Waals surface area (Å²) in [7, 11) is 1.97. The van der Waals surface area contributed by atoms with Crippen molar-refractivity contribution in [3.05, 3.63) is 40.0 Å². The van der Waals surface area contributed by atoms with E-state index in [1.54, 1.807) is 12.1 Å². The van der Waals surface area contributed by atoms with Crippen LogP contribution in [0.4, 0.5) is 11.4 Å². The van der Waals surface area contributed by atoms with Crippen molar-refractivity contribution in [2.24, 2.45) is 0 Å². The lowest BCUT2D eigenvalue weighted by molar-refractivity contribution is -0.385. The number of hydrogen-bond donors (Lipinski definition) is 1. The van der Waals surface area contributed by atoms with Crippen LogP contribution >= 0.6 is 0 Å². The molecule has 0 spiro atoms. The van der Waals surface area contributed by atoms with Crippen molar-refractivity contribution in [1.29, 1.82) is 0 Å². The van der Waals surface area contributed by atoms with E-state index in [-0.39, 0.29) is 5.69 Å². The monoisotopic (exact) mass is 290 g/mol. The number of nitrogens with zero attached hydrogens (tertiary/aromatic N) is 2. The van der Waals surface area contributed by atoms with Crippen molar-refractivity contribution in [2.75, 3.05) is 11.9 Å². The molecule has 1 saturated carbocycles. The molecule has 21 heavy (non-hydrogen) atoms. The minimum Gasteiger partial charge on any atom is -0.478 e. The highest BCUT2D eigenvalue weighted by atomic mass is 16.6. The average Bonchev–Trinajstić information content (AvgIpc) is 2.97. The lowest BCUT2D eigenvalue weighted by Crippen LogP contribution is -2.28. The number of carbonyl (C=O) groups is 1. The third kappa shape index (κ3) is 3.59. The van der Waals surface area contributed by atoms with Crippen LogP contribution in [0.3, 0.4) is 0 Å². The lowest BCUT2D eigenvalue weighted by Gasteiger charge is -2.26. The third-order valence-corrected chi connectivity index (χ3v) is 3.89. The molecule has 1 aliphatic rings. The number of rotatable bonds is 5. The molecule has 0 unspecified atom stereocenters. The second-order valence-corrected chi connectivity index (χ2v) is 5.22. The summed E-state index contributed by atoms with van der Waals surface area (Å²) in [6.07, 6.45) is 6.83. The van der Waals surface area contributed by atoms with Gasteiger partial charge in [-0.2, -0.15) is 0 Å². The van der Waals surface area contributed by atoms with Gasteiger partial charge in [-0.1, -0.05) is 12.8 Å². The van der Waals surface area contributed by atoms with Gasteiger partial charge in [0.25, 0.3) is 5.69 Å². The molecule has 0 aliphatic heterocycles. The van der Waals surface area contributed by atoms with Crippen LogP contribution in [0.2, 0.25) is 0 Å². The highest BCUT2D eigenvalue weighted by molar-refractivity contribution is 5.86. The number of carboxylic acid groups (broad SMARTS) is 1. The van der Waals surface area contributed by atoms with E-state index in [1.165, 1.54) is 25.0 Å². The van der Waals surface area contributed by atoms with E-state index >= 15 is 0 Å². The maximum Gasteiger partial charge on any atom is 0.328 e. The molecular formula is C15H18N2O4. The van der Waals surface area contributed by atoms with Gasteiger partial charge in [-0.25, -0.2) is 4.79 Å². The highest BCUT2D eigenvalue weighted by Gasteiger charge is 2.21. The summed E-state index contributed by atoms with van der Waals surface area (Å²) in [5.74, 6) is -1.13. The predicted octanol–water partition coefficient (Wildman–Crippen LogP) is 3.07. The van der Waals surface area contributed by atoms with Crippen LogP contribution in [0.15, 0.2) is 24.3 Å². The van der Waals surface area contributed by atoms with Crippen LogP contribution in [0.25, 0.3) is 6.08 Å². The van der Waals surface area contributed by atoms with Crippen molar-refractivity contribution in [2.45, 2.75) is 31.7 Å². The van der Waals surface area contributed by atoms with Gasteiger partial charge in [-0.3, -0.25) is 10.1 Å². The van der Waals surface area contributed by atoms with Gasteiger partial charge in [0.05, 0.1) is 10.5 Å². The minimum absolute atomic E-state index is 0.0870. The number of anilines is 1. The lowest BCUT2D eigenvalue weighted by atomic mass is 10.1. The Bertz CT molecular complexity index is 577. The Kier molecular flexibility index (Phi) is 4.57. The number of carboxylic acids is 1. The highest BCUT2D eigenvalue weighted by Crippen LogP contribution is 2.30. The zero-order chi connectivity index (χ0) is 15.4. The van der Waals surface area contributed by atoms with Crippen LogP contribution in [0.5, 0.6) is 0 Å². The molecule has 0 radical (unpaired) electrons. The SMILES string of the molecule is CN(c1ccc([N+](=O)[O-])c(/C=C/C(=O)O)c1)C1CCCC1. The summed E-state index contributed by atoms with van der Waals surface area (Å²) >= 11 is 0. The molecule has 0 aromatic heterocycles. The molecule has 6 heteroatoms. The second-order valence-electron chi connectivity index (χ2n) is 5.22. The Hall–Kier alpha value is -2.37. The summed E-state index contributed by atoms with van der Waals surface area (Å²) < 4.78 is 0. The maximum atomic E-state index is 11.0. The van der Waals surface area contributed by atoms with Gasteiger partial charge in [-0.15, -0.1) is 0 Å². The average molecular weight is 290 g/mol. The molecule has 1 aromatic carbocycles. The maximum absolute atomic E-state index is 11.0. The number of aliphatic carboxylic acids is 1. The van der Waals surface area contributed by atoms with Crippen LogP contribution < -0.4 is 4.90 Å². The topological polar surface area (TPSA) is 83.7 Å². The van der Waals surface area contributed by atoms with E-state index in [0.29, 0.717) is 11.6 Å². The summed E-state index contributed by atoms with van der Waals surface area (Å²) in [5, 5.41) is 19.7. The second kappa shape index (κ2) is 6.39. The van der Waals surface area contributed by atoms with E-state index in [2.05, 4.69) is 4.90 Å². The Balaban J connectivity index is 2.33. The van der Waals surface area contributed by atoms with Crippen molar-refractivity contribution in [3.63, 3.8) is 0 Å². The molecule has 2 rings (SSSR count). The van der Waals surface area contributed by atoms with E-state index in [1.807, 2.05) is 7.05 Å². The molecule has 0 amide bonds. The summed E-state index contributed by atoms with van der Waals surface area (Å²) in [4.78, 5) is 23.2. The van der Waals surface area contributed by atoms with Crippen LogP contribution in [0, 0.1) is 10.1 Å². The molecule has 1 aromatic rings. The molecule has 1 aliphatic carbocycles. The fourth-order valence-corrected chi connectivity index (χ4v) is 2.72. The number of benzene rings is 1. The number of nitro groups is 1. The van der Waals surface area contributed by atoms with Crippen LogP contribution in [0.1, 0.15) is 31.2 Å². The van der Waals surface area contributed by atoms with Gasteiger partial charge in [0.15, 0.2) is 0 Å². The van der Waals surface area contributed by atoms with Crippen LogP contribution in [-0.2, 0) is 4.79 Å². The third-order valence-electron chi connectivity index (χ3n) is 3.89. The Labute approximate surface area is 122 Å². The van der Waals surface area contributed by atoms with Crippen molar-refractivity contribution in [3.8, 4) is 0 Å². The first-order valence-corrected chi connectivity index (χ1v) is 6.91. The van der Waals surface area contributed by atoms with Crippen molar-refractivity contribution in [1.82, 2.24) is 0 Å². The van der Waals surface area contributed by atoms with Gasteiger partial charge in [0.1, 0.15) is 0 Å². The molecule has 1 fully saturated rings. The first-order valence-electron chi connectivity index (χ1n) is 6.91. The van der Waals surface area contributed by atoms with Gasteiger partial charge >= 0.3 is 5.97 Å². The van der Waals surface area contributed by atoms with Gasteiger partial charge in [0, 0.05) is 30.9 Å². The van der Waals surface area contributed by atoms with Crippen molar-refractivity contribution >= 4 is 23.4 Å². The van der Waals surface area contributed by atoms with Crippen LogP contribution in [-0.4, -0.2) is 29.1 Å². The Morgan fingerprint density at radius 2 is 2.10 bits per heavy atom. The van der Waals surface area contributed by atoms with E-state index in [9.17, 15) is 14.9 Å². The number of hydrogen-bond acceptors (Lipinski definition) is 4. The van der Waals surface area contributed by atoms with Crippen molar-refractivity contribution < 1.29 is 14.8 Å². The predicted molar refractivity (Wildman–Crippen MR) is 80.4 cm³/mol. The Morgan fingerprint density at radius 3 is 2.67 bits per heavy atom. The molecule has 6 nitrogen and oxygen atoms in total. The van der Waals surface area contributed by atoms with Gasteiger partial charge in [0.2, 0.25) is 0 Å². The minimum atomic E-state index is -1.13. The molecule has 0 heterocycles. The van der Waals surface area contributed by atoms with Gasteiger partial charge < -0.3 is 10.0 Å². The molecule has 0 saturated heterocycles. The largest absolute Gasteiger partial charge is 0.478 e. The Morgan fingerprint density at radius 1 is 1.43 bits per heavy atom. The standard InChI is InChI=1S/C15H18N2O4/c1-16(12-4-2-3-5-12)13-7-8-14(17(20)21)11(10-13)6-9-15(18)19/h6-10,12H,2-5H2,1H3,(H,18,19)/b9-6+. The fraction of sp³-hybridized carbons (Fsp3) is 0.400. The first kappa shape index (κ1) is 15.0. The summed E-state index contributed by atoms with van der Waals surface area (Å²) in [6.45, 7) is 0. The van der Waals surface area contributed by atoms with E-state index in [0.717, 1.165) is 24.6 Å². The van der Waals surface area contributed by atoms with E-state index < -0.39 is 10.9 Å². The quantitative estimate of drug-likeness (QED) is 0.512. The van der Waals surface area contributed by atoms with Gasteiger partial charge in [-0.05, 0) is 31.1 Å². The summed E-state index contributed by atoms with van der Waals surface area (Å²) in [5.41, 5.74) is 1.10. The molecule has 0 atom stereocenters. The fourth-order valence-electron chi connectivity index (χ4n) is 2.72. The normalized spacial score (nSPS) is 15.5. The molecule has 1 N–H and O–H groups in total. The summed E-state index contributed by atoms with van der Waals surface area (Å²) in [6, 6.07) is 5.27. The zero-order valence-electron chi connectivity index (χ0n) is 11.9. The molecule has 0 bridgehead atoms. The zero-order valence-corrected chi connectivity index (χ0v) is 11.9. The molecule has 112 valence electrons. The molecular weight excluding hydrogens is 272 g/mol.